The second-order valence-electron chi connectivity index (χ2n) is 5.93. The Morgan fingerprint density at radius 1 is 1.16 bits per heavy atom. The summed E-state index contributed by atoms with van der Waals surface area (Å²) in [6, 6.07) is 11.9. The molecule has 0 aliphatic rings. The Labute approximate surface area is 151 Å². The molecule has 3 aromatic rings. The molecule has 0 N–H and O–H groups in total. The van der Waals surface area contributed by atoms with Crippen LogP contribution in [-0.2, 0) is 6.54 Å². The minimum absolute atomic E-state index is 0.194. The van der Waals surface area contributed by atoms with Crippen molar-refractivity contribution in [1.29, 1.82) is 0 Å². The van der Waals surface area contributed by atoms with Crippen molar-refractivity contribution < 1.29 is 9.53 Å². The monoisotopic (exact) mass is 354 g/mol. The summed E-state index contributed by atoms with van der Waals surface area (Å²) in [5.41, 5.74) is 3.74. The fraction of sp³-hybridized carbons (Fsp3) is 0.300. The van der Waals surface area contributed by atoms with Gasteiger partial charge in [0, 0.05) is 12.1 Å². The molecule has 1 amide bonds. The van der Waals surface area contributed by atoms with Crippen molar-refractivity contribution in [3.8, 4) is 5.75 Å². The Hall–Kier alpha value is -2.40. The number of ether oxygens (including phenoxy) is 1. The minimum Gasteiger partial charge on any atom is -0.494 e. The number of rotatable bonds is 4. The molecule has 5 heteroatoms. The van der Waals surface area contributed by atoms with Crippen LogP contribution in [0.25, 0.3) is 10.2 Å². The molecule has 0 aliphatic heterocycles. The molecule has 25 heavy (non-hydrogen) atoms. The van der Waals surface area contributed by atoms with E-state index >= 15 is 0 Å². The largest absolute Gasteiger partial charge is 0.494 e. The number of aromatic nitrogens is 1. The van der Waals surface area contributed by atoms with Gasteiger partial charge >= 0.3 is 0 Å². The topological polar surface area (TPSA) is 43.6 Å². The predicted octanol–water partition coefficient (Wildman–Crippen LogP) is 4.48. The fourth-order valence-corrected chi connectivity index (χ4v) is 3.94. The number of fused-ring (bicyclic) bond motifs is 1. The lowest BCUT2D eigenvalue weighted by Gasteiger charge is -2.04. The van der Waals surface area contributed by atoms with Crippen LogP contribution in [0.2, 0.25) is 0 Å². The van der Waals surface area contributed by atoms with Gasteiger partial charge in [-0.25, -0.2) is 0 Å². The van der Waals surface area contributed by atoms with E-state index in [1.807, 2.05) is 57.2 Å². The zero-order valence-electron chi connectivity index (χ0n) is 15.0. The first-order chi connectivity index (χ1) is 12.0. The number of hydrogen-bond acceptors (Lipinski definition) is 3. The molecule has 0 saturated carbocycles. The van der Waals surface area contributed by atoms with E-state index in [0.29, 0.717) is 12.2 Å². The van der Waals surface area contributed by atoms with Crippen molar-refractivity contribution in [2.24, 2.45) is 4.99 Å². The maximum absolute atomic E-state index is 12.7. The number of thiazole rings is 1. The molecule has 130 valence electrons. The average molecular weight is 354 g/mol. The smallest absolute Gasteiger partial charge is 0.279 e. The molecule has 0 bridgehead atoms. The maximum atomic E-state index is 12.7. The van der Waals surface area contributed by atoms with Gasteiger partial charge in [0.1, 0.15) is 5.75 Å². The SMILES string of the molecule is CCOc1ccc2c(c1)sc(=NC(=O)c1cc(C)ccc1C)n2CC. The van der Waals surface area contributed by atoms with E-state index in [9.17, 15) is 4.79 Å². The van der Waals surface area contributed by atoms with Gasteiger partial charge in [0.2, 0.25) is 0 Å². The number of carbonyl (C=O) groups is 1. The summed E-state index contributed by atoms with van der Waals surface area (Å²) < 4.78 is 8.71. The third-order valence-electron chi connectivity index (χ3n) is 4.10. The van der Waals surface area contributed by atoms with E-state index in [0.717, 1.165) is 38.4 Å². The van der Waals surface area contributed by atoms with Gasteiger partial charge in [-0.2, -0.15) is 4.99 Å². The molecule has 0 fully saturated rings. The maximum Gasteiger partial charge on any atom is 0.279 e. The summed E-state index contributed by atoms with van der Waals surface area (Å²) in [5.74, 6) is 0.645. The lowest BCUT2D eigenvalue weighted by molar-refractivity contribution is 0.0997. The first kappa shape index (κ1) is 17.4. The van der Waals surface area contributed by atoms with E-state index in [1.54, 1.807) is 0 Å². The highest BCUT2D eigenvalue weighted by molar-refractivity contribution is 7.16. The van der Waals surface area contributed by atoms with Gasteiger partial charge in [0.05, 0.1) is 16.8 Å². The van der Waals surface area contributed by atoms with Crippen LogP contribution in [0.5, 0.6) is 5.75 Å². The number of aryl methyl sites for hydroxylation is 3. The van der Waals surface area contributed by atoms with Crippen LogP contribution in [0.1, 0.15) is 35.3 Å². The van der Waals surface area contributed by atoms with Crippen LogP contribution >= 0.6 is 11.3 Å². The summed E-state index contributed by atoms with van der Waals surface area (Å²) in [6.07, 6.45) is 0. The molecule has 1 heterocycles. The molecule has 2 aromatic carbocycles. The molecule has 0 atom stereocenters. The highest BCUT2D eigenvalue weighted by Gasteiger charge is 2.11. The average Bonchev–Trinajstić information content (AvgIpc) is 2.93. The van der Waals surface area contributed by atoms with Crippen LogP contribution < -0.4 is 9.54 Å². The van der Waals surface area contributed by atoms with Gasteiger partial charge in [0.25, 0.3) is 5.91 Å². The summed E-state index contributed by atoms with van der Waals surface area (Å²) in [4.78, 5) is 17.8. The van der Waals surface area contributed by atoms with Crippen LogP contribution in [0, 0.1) is 13.8 Å². The van der Waals surface area contributed by atoms with E-state index in [1.165, 1.54) is 11.3 Å². The van der Waals surface area contributed by atoms with Crippen LogP contribution in [0.15, 0.2) is 41.4 Å². The Bertz CT molecular complexity index is 999. The lowest BCUT2D eigenvalue weighted by Crippen LogP contribution is -2.16. The normalized spacial score (nSPS) is 11.9. The zero-order chi connectivity index (χ0) is 18.0. The molecule has 3 rings (SSSR count). The first-order valence-electron chi connectivity index (χ1n) is 8.46. The predicted molar refractivity (Wildman–Crippen MR) is 102 cm³/mol. The first-order valence-corrected chi connectivity index (χ1v) is 9.27. The van der Waals surface area contributed by atoms with E-state index in [4.69, 9.17) is 4.74 Å². The Balaban J connectivity index is 2.11. The second kappa shape index (κ2) is 7.23. The van der Waals surface area contributed by atoms with Gasteiger partial charge in [-0.3, -0.25) is 4.79 Å². The van der Waals surface area contributed by atoms with E-state index in [-0.39, 0.29) is 5.91 Å². The molecule has 0 aliphatic carbocycles. The molecular weight excluding hydrogens is 332 g/mol. The fourth-order valence-electron chi connectivity index (χ4n) is 2.81. The van der Waals surface area contributed by atoms with Gasteiger partial charge in [-0.15, -0.1) is 0 Å². The van der Waals surface area contributed by atoms with Crippen molar-refractivity contribution in [2.45, 2.75) is 34.2 Å². The molecule has 0 saturated heterocycles. The molecular formula is C20H22N2O2S. The van der Waals surface area contributed by atoms with Crippen LogP contribution in [-0.4, -0.2) is 17.1 Å². The minimum atomic E-state index is -0.194. The third kappa shape index (κ3) is 3.51. The van der Waals surface area contributed by atoms with E-state index < -0.39 is 0 Å². The molecule has 4 nitrogen and oxygen atoms in total. The zero-order valence-corrected chi connectivity index (χ0v) is 15.8. The van der Waals surface area contributed by atoms with Gasteiger partial charge < -0.3 is 9.30 Å². The number of benzene rings is 2. The number of hydrogen-bond donors (Lipinski definition) is 0. The highest BCUT2D eigenvalue weighted by Crippen LogP contribution is 2.23. The number of nitrogens with zero attached hydrogens (tertiary/aromatic N) is 2. The summed E-state index contributed by atoms with van der Waals surface area (Å²) in [6.45, 7) is 9.34. The number of carbonyl (C=O) groups excluding carboxylic acids is 1. The van der Waals surface area contributed by atoms with Crippen molar-refractivity contribution in [3.05, 3.63) is 57.9 Å². The quantitative estimate of drug-likeness (QED) is 0.693. The van der Waals surface area contributed by atoms with E-state index in [2.05, 4.69) is 16.5 Å². The molecule has 0 radical (unpaired) electrons. The van der Waals surface area contributed by atoms with Crippen molar-refractivity contribution >= 4 is 27.5 Å². The van der Waals surface area contributed by atoms with Gasteiger partial charge in [0.15, 0.2) is 4.80 Å². The van der Waals surface area contributed by atoms with Crippen LogP contribution in [0.3, 0.4) is 0 Å². The molecule has 1 aromatic heterocycles. The van der Waals surface area contributed by atoms with Crippen molar-refractivity contribution in [2.75, 3.05) is 6.61 Å². The number of amides is 1. The molecule has 0 unspecified atom stereocenters. The lowest BCUT2D eigenvalue weighted by atomic mass is 10.1. The van der Waals surface area contributed by atoms with Crippen molar-refractivity contribution in [3.63, 3.8) is 0 Å². The highest BCUT2D eigenvalue weighted by atomic mass is 32.1. The summed E-state index contributed by atoms with van der Waals surface area (Å²) in [7, 11) is 0. The Morgan fingerprint density at radius 2 is 1.96 bits per heavy atom. The molecule has 0 spiro atoms. The van der Waals surface area contributed by atoms with Gasteiger partial charge in [-0.1, -0.05) is 29.0 Å². The van der Waals surface area contributed by atoms with Crippen LogP contribution in [0.4, 0.5) is 0 Å². The summed E-state index contributed by atoms with van der Waals surface area (Å²) in [5, 5.41) is 0. The second-order valence-corrected chi connectivity index (χ2v) is 6.94. The van der Waals surface area contributed by atoms with Gasteiger partial charge in [-0.05, 0) is 57.5 Å². The van der Waals surface area contributed by atoms with Crippen molar-refractivity contribution in [1.82, 2.24) is 4.57 Å². The third-order valence-corrected chi connectivity index (χ3v) is 5.14. The Morgan fingerprint density at radius 3 is 2.68 bits per heavy atom. The Kier molecular flexibility index (Phi) is 5.04. The standard InChI is InChI=1S/C20H22N2O2S/c1-5-22-17-10-9-15(24-6-2)12-18(17)25-20(22)21-19(23)16-11-13(3)7-8-14(16)4/h7-12H,5-6H2,1-4H3. The summed E-state index contributed by atoms with van der Waals surface area (Å²) >= 11 is 1.52.